The minimum Gasteiger partial charge on any atom is -0.383 e. The second kappa shape index (κ2) is 5.62. The van der Waals surface area contributed by atoms with Crippen molar-refractivity contribution in [3.05, 3.63) is 29.3 Å². The van der Waals surface area contributed by atoms with E-state index < -0.39 is 17.5 Å². The first-order valence-electron chi connectivity index (χ1n) is 7.55. The number of amides is 1. The molecule has 2 aliphatic carbocycles. The summed E-state index contributed by atoms with van der Waals surface area (Å²) in [5.41, 5.74) is -0.172. The van der Waals surface area contributed by atoms with Crippen LogP contribution in [0.5, 0.6) is 0 Å². The molecule has 0 radical (unpaired) electrons. The maximum absolute atomic E-state index is 13.7. The third kappa shape index (κ3) is 3.17. The monoisotopic (exact) mass is 294 g/mol. The molecule has 2 fully saturated rings. The van der Waals surface area contributed by atoms with Crippen LogP contribution in [0.2, 0.25) is 0 Å². The summed E-state index contributed by atoms with van der Waals surface area (Å²) in [7, 11) is 1.44. The molecule has 2 N–H and O–H groups in total. The second-order valence-electron chi connectivity index (χ2n) is 6.11. The van der Waals surface area contributed by atoms with Gasteiger partial charge in [-0.2, -0.15) is 0 Å². The summed E-state index contributed by atoms with van der Waals surface area (Å²) in [5.74, 6) is 0.116. The summed E-state index contributed by atoms with van der Waals surface area (Å²) < 4.78 is 27.3. The Hall–Kier alpha value is -1.65. The zero-order valence-corrected chi connectivity index (χ0v) is 12.1. The van der Waals surface area contributed by atoms with Gasteiger partial charge in [0.2, 0.25) is 0 Å². The molecule has 0 aliphatic heterocycles. The highest BCUT2D eigenvalue weighted by Gasteiger charge is 2.41. The van der Waals surface area contributed by atoms with Crippen LogP contribution in [0.3, 0.4) is 0 Å². The van der Waals surface area contributed by atoms with Crippen molar-refractivity contribution in [1.82, 2.24) is 5.32 Å². The van der Waals surface area contributed by atoms with E-state index >= 15 is 0 Å². The molecule has 0 heterocycles. The molecule has 3 rings (SSSR count). The van der Waals surface area contributed by atoms with E-state index in [2.05, 4.69) is 10.6 Å². The fraction of sp³-hybridized carbons (Fsp3) is 0.562. The maximum Gasteiger partial charge on any atom is 0.251 e. The van der Waals surface area contributed by atoms with Gasteiger partial charge in [0, 0.05) is 19.2 Å². The number of carbonyl (C=O) groups is 1. The van der Waals surface area contributed by atoms with Gasteiger partial charge in [-0.3, -0.25) is 4.79 Å². The van der Waals surface area contributed by atoms with E-state index in [0.29, 0.717) is 12.5 Å². The van der Waals surface area contributed by atoms with Gasteiger partial charge in [0.1, 0.15) is 17.3 Å². The molecule has 2 aliphatic rings. The summed E-state index contributed by atoms with van der Waals surface area (Å²) in [6.07, 6.45) is 4.99. The first-order valence-corrected chi connectivity index (χ1v) is 7.55. The summed E-state index contributed by atoms with van der Waals surface area (Å²) in [4.78, 5) is 12.1. The SMILES string of the molecule is CNc1c(F)cc(C(=O)NCC(C2CC2)C2CC2)cc1F. The predicted molar refractivity (Wildman–Crippen MR) is 77.2 cm³/mol. The lowest BCUT2D eigenvalue weighted by atomic mass is 9.98. The van der Waals surface area contributed by atoms with E-state index in [1.54, 1.807) is 0 Å². The van der Waals surface area contributed by atoms with Crippen LogP contribution in [0, 0.1) is 29.4 Å². The standard InChI is InChI=1S/C16H20F2N2O/c1-19-15-13(17)6-11(7-14(15)18)16(21)20-8-12(9-2-3-9)10-4-5-10/h6-7,9-10,12,19H,2-5,8H2,1H3,(H,20,21). The molecule has 0 spiro atoms. The van der Waals surface area contributed by atoms with Gasteiger partial charge in [-0.05, 0) is 55.6 Å². The number of hydrogen-bond acceptors (Lipinski definition) is 2. The lowest BCUT2D eigenvalue weighted by Gasteiger charge is -2.16. The Bertz CT molecular complexity index is 518. The highest BCUT2D eigenvalue weighted by atomic mass is 19.1. The predicted octanol–water partition coefficient (Wildman–Crippen LogP) is 3.17. The minimum atomic E-state index is -0.747. The fourth-order valence-corrected chi connectivity index (χ4v) is 3.02. The number of rotatable bonds is 6. The van der Waals surface area contributed by atoms with Gasteiger partial charge in [-0.1, -0.05) is 0 Å². The van der Waals surface area contributed by atoms with Gasteiger partial charge in [0.15, 0.2) is 0 Å². The molecule has 21 heavy (non-hydrogen) atoms. The van der Waals surface area contributed by atoms with Crippen LogP contribution in [0.1, 0.15) is 36.0 Å². The van der Waals surface area contributed by atoms with Gasteiger partial charge in [0.25, 0.3) is 5.91 Å². The van der Waals surface area contributed by atoms with Crippen molar-refractivity contribution in [3.63, 3.8) is 0 Å². The highest BCUT2D eigenvalue weighted by Crippen LogP contribution is 2.48. The Morgan fingerprint density at radius 3 is 2.14 bits per heavy atom. The van der Waals surface area contributed by atoms with Crippen LogP contribution in [0.15, 0.2) is 12.1 Å². The van der Waals surface area contributed by atoms with Crippen LogP contribution in [0.4, 0.5) is 14.5 Å². The maximum atomic E-state index is 13.7. The molecule has 2 saturated carbocycles. The smallest absolute Gasteiger partial charge is 0.251 e. The van der Waals surface area contributed by atoms with Crippen molar-refractivity contribution < 1.29 is 13.6 Å². The van der Waals surface area contributed by atoms with Crippen LogP contribution in [-0.4, -0.2) is 19.5 Å². The van der Waals surface area contributed by atoms with Crippen LogP contribution in [0.25, 0.3) is 0 Å². The topological polar surface area (TPSA) is 41.1 Å². The van der Waals surface area contributed by atoms with Crippen molar-refractivity contribution >= 4 is 11.6 Å². The van der Waals surface area contributed by atoms with Crippen molar-refractivity contribution in [3.8, 4) is 0 Å². The summed E-state index contributed by atoms with van der Waals surface area (Å²) >= 11 is 0. The Labute approximate surface area is 123 Å². The molecule has 114 valence electrons. The van der Waals surface area contributed by atoms with Gasteiger partial charge in [0.05, 0.1) is 0 Å². The number of anilines is 1. The van der Waals surface area contributed by atoms with Crippen molar-refractivity contribution in [2.45, 2.75) is 25.7 Å². The largest absolute Gasteiger partial charge is 0.383 e. The summed E-state index contributed by atoms with van der Waals surface area (Å²) in [6.45, 7) is 0.616. The number of hydrogen-bond donors (Lipinski definition) is 2. The van der Waals surface area contributed by atoms with Crippen LogP contribution < -0.4 is 10.6 Å². The quantitative estimate of drug-likeness (QED) is 0.846. The molecular weight excluding hydrogens is 274 g/mol. The van der Waals surface area contributed by atoms with E-state index in [4.69, 9.17) is 0 Å². The van der Waals surface area contributed by atoms with Gasteiger partial charge < -0.3 is 10.6 Å². The molecule has 3 nitrogen and oxygen atoms in total. The average molecular weight is 294 g/mol. The summed E-state index contributed by atoms with van der Waals surface area (Å²) in [5, 5.41) is 5.29. The third-order valence-corrected chi connectivity index (χ3v) is 4.51. The van der Waals surface area contributed by atoms with Crippen LogP contribution >= 0.6 is 0 Å². The Kier molecular flexibility index (Phi) is 3.83. The molecule has 0 atom stereocenters. The number of benzene rings is 1. The normalized spacial score (nSPS) is 17.9. The number of halogens is 2. The third-order valence-electron chi connectivity index (χ3n) is 4.51. The molecule has 0 aromatic heterocycles. The Morgan fingerprint density at radius 2 is 1.71 bits per heavy atom. The van der Waals surface area contributed by atoms with Crippen molar-refractivity contribution in [2.75, 3.05) is 18.9 Å². The number of nitrogens with one attached hydrogen (secondary N) is 2. The first-order chi connectivity index (χ1) is 10.1. The lowest BCUT2D eigenvalue weighted by molar-refractivity contribution is 0.0942. The number of carbonyl (C=O) groups excluding carboxylic acids is 1. The molecule has 5 heteroatoms. The zero-order chi connectivity index (χ0) is 15.0. The molecular formula is C16H20F2N2O. The average Bonchev–Trinajstić information content (AvgIpc) is 3.32. The molecule has 1 aromatic carbocycles. The van der Waals surface area contributed by atoms with E-state index in [0.717, 1.165) is 24.0 Å². The second-order valence-corrected chi connectivity index (χ2v) is 6.11. The van der Waals surface area contributed by atoms with Crippen molar-refractivity contribution in [1.29, 1.82) is 0 Å². The highest BCUT2D eigenvalue weighted by molar-refractivity contribution is 5.94. The lowest BCUT2D eigenvalue weighted by Crippen LogP contribution is -2.31. The zero-order valence-electron chi connectivity index (χ0n) is 12.1. The molecule has 0 bridgehead atoms. The Balaban J connectivity index is 1.64. The van der Waals surface area contributed by atoms with Gasteiger partial charge in [-0.15, -0.1) is 0 Å². The van der Waals surface area contributed by atoms with E-state index in [1.807, 2.05) is 0 Å². The van der Waals surface area contributed by atoms with Crippen LogP contribution in [-0.2, 0) is 0 Å². The minimum absolute atomic E-state index is 0.0364. The Morgan fingerprint density at radius 1 is 1.19 bits per heavy atom. The van der Waals surface area contributed by atoms with Crippen molar-refractivity contribution in [2.24, 2.45) is 17.8 Å². The van der Waals surface area contributed by atoms with Gasteiger partial charge >= 0.3 is 0 Å². The van der Waals surface area contributed by atoms with Gasteiger partial charge in [-0.25, -0.2) is 8.78 Å². The molecule has 0 unspecified atom stereocenters. The summed E-state index contributed by atoms with van der Waals surface area (Å²) in [6, 6.07) is 2.15. The van der Waals surface area contributed by atoms with E-state index in [-0.39, 0.29) is 11.3 Å². The van der Waals surface area contributed by atoms with E-state index in [9.17, 15) is 13.6 Å². The molecule has 0 saturated heterocycles. The van der Waals surface area contributed by atoms with E-state index in [1.165, 1.54) is 32.7 Å². The molecule has 1 aromatic rings. The molecule has 1 amide bonds. The first kappa shape index (κ1) is 14.3. The fourth-order valence-electron chi connectivity index (χ4n) is 3.02.